The number of likely N-dealkylation sites (N-methyl/N-ethyl adjacent to an activating group) is 1. The number of quaternary nitrogens is 1. The molecule has 1 rings (SSSR count). The molecule has 1 aromatic carbocycles. The van der Waals surface area contributed by atoms with Crippen LogP contribution in [0.25, 0.3) is 0 Å². The van der Waals surface area contributed by atoms with Gasteiger partial charge in [-0.2, -0.15) is 0 Å². The van der Waals surface area contributed by atoms with Gasteiger partial charge >= 0.3 is 5.97 Å². The van der Waals surface area contributed by atoms with Gasteiger partial charge in [0.15, 0.2) is 0 Å². The van der Waals surface area contributed by atoms with Crippen molar-refractivity contribution in [3.05, 3.63) is 39.9 Å². The van der Waals surface area contributed by atoms with E-state index in [4.69, 9.17) is 4.74 Å². The molecule has 0 heterocycles. The molecule has 0 unspecified atom stereocenters. The molecule has 0 aliphatic rings. The second-order valence-electron chi connectivity index (χ2n) is 4.95. The predicted octanol–water partition coefficient (Wildman–Crippen LogP) is 1.46. The van der Waals surface area contributed by atoms with E-state index in [2.05, 4.69) is 0 Å². The van der Waals surface area contributed by atoms with E-state index in [9.17, 15) is 14.9 Å². The van der Waals surface area contributed by atoms with Crippen LogP contribution in [0, 0.1) is 10.1 Å². The number of hydrogen-bond donors (Lipinski definition) is 0. The number of non-ortho nitro benzene ring substituents is 1. The Morgan fingerprint density at radius 3 is 2.28 bits per heavy atom. The Labute approximate surface area is 106 Å². The third kappa shape index (κ3) is 4.50. The highest BCUT2D eigenvalue weighted by atomic mass is 16.6. The lowest BCUT2D eigenvalue weighted by Gasteiger charge is -2.23. The monoisotopic (exact) mass is 253 g/mol. The number of rotatable bonds is 5. The lowest BCUT2D eigenvalue weighted by Crippen LogP contribution is -2.38. The van der Waals surface area contributed by atoms with Crippen LogP contribution in [0.1, 0.15) is 10.4 Å². The van der Waals surface area contributed by atoms with E-state index in [1.165, 1.54) is 24.3 Å². The smallest absolute Gasteiger partial charge is 0.338 e. The van der Waals surface area contributed by atoms with Gasteiger partial charge in [0.2, 0.25) is 0 Å². The van der Waals surface area contributed by atoms with E-state index in [0.29, 0.717) is 23.2 Å². The molecule has 0 saturated carbocycles. The van der Waals surface area contributed by atoms with Crippen LogP contribution in [0.4, 0.5) is 5.69 Å². The lowest BCUT2D eigenvalue weighted by molar-refractivity contribution is -0.870. The number of carbonyl (C=O) groups is 1. The van der Waals surface area contributed by atoms with Crippen LogP contribution in [0.15, 0.2) is 24.3 Å². The van der Waals surface area contributed by atoms with E-state index < -0.39 is 10.9 Å². The van der Waals surface area contributed by atoms with E-state index >= 15 is 0 Å². The zero-order valence-electron chi connectivity index (χ0n) is 10.8. The first kappa shape index (κ1) is 14.1. The summed E-state index contributed by atoms with van der Waals surface area (Å²) in [4.78, 5) is 21.6. The molecule has 0 saturated heterocycles. The number of nitro groups is 1. The van der Waals surface area contributed by atoms with Gasteiger partial charge in [-0.15, -0.1) is 0 Å². The number of esters is 1. The number of carbonyl (C=O) groups excluding carboxylic acids is 1. The second kappa shape index (κ2) is 5.59. The Balaban J connectivity index is 2.54. The van der Waals surface area contributed by atoms with Crippen LogP contribution >= 0.6 is 0 Å². The Bertz CT molecular complexity index is 434. The second-order valence-corrected chi connectivity index (χ2v) is 4.95. The van der Waals surface area contributed by atoms with Crippen molar-refractivity contribution < 1.29 is 18.9 Å². The van der Waals surface area contributed by atoms with Crippen LogP contribution in [0.3, 0.4) is 0 Å². The van der Waals surface area contributed by atoms with Crippen LogP contribution < -0.4 is 0 Å². The van der Waals surface area contributed by atoms with Crippen molar-refractivity contribution in [1.82, 2.24) is 0 Å². The third-order valence-corrected chi connectivity index (χ3v) is 2.31. The molecule has 1 aromatic rings. The molecule has 0 spiro atoms. The molecule has 0 aliphatic heterocycles. The summed E-state index contributed by atoms with van der Waals surface area (Å²) < 4.78 is 5.78. The molecule has 0 aliphatic carbocycles. The summed E-state index contributed by atoms with van der Waals surface area (Å²) in [5.74, 6) is -0.460. The highest BCUT2D eigenvalue weighted by Gasteiger charge is 2.12. The highest BCUT2D eigenvalue weighted by Crippen LogP contribution is 2.12. The maximum absolute atomic E-state index is 11.6. The Morgan fingerprint density at radius 2 is 1.83 bits per heavy atom. The quantitative estimate of drug-likeness (QED) is 0.345. The topological polar surface area (TPSA) is 69.4 Å². The summed E-state index contributed by atoms with van der Waals surface area (Å²) in [6.45, 7) is 1.03. The molecule has 0 aromatic heterocycles. The Kier molecular flexibility index (Phi) is 4.38. The summed E-state index contributed by atoms with van der Waals surface area (Å²) in [5.41, 5.74) is 0.278. The molecule has 0 fully saturated rings. The maximum Gasteiger partial charge on any atom is 0.338 e. The number of ether oxygens (including phenoxy) is 1. The Hall–Kier alpha value is -1.95. The molecule has 0 bridgehead atoms. The fourth-order valence-corrected chi connectivity index (χ4v) is 1.21. The fourth-order valence-electron chi connectivity index (χ4n) is 1.21. The minimum absolute atomic E-state index is 0.0436. The molecule has 0 atom stereocenters. The molecule has 0 radical (unpaired) electrons. The summed E-state index contributed by atoms with van der Waals surface area (Å²) in [6, 6.07) is 5.37. The summed E-state index contributed by atoms with van der Waals surface area (Å²) in [5, 5.41) is 10.5. The standard InChI is InChI=1S/C12H17N2O4/c1-14(2,3)8-9-18-12(15)10-4-6-11(7-5-10)13(16)17/h4-7H,8-9H2,1-3H3/q+1. The maximum atomic E-state index is 11.6. The largest absolute Gasteiger partial charge is 0.456 e. The van der Waals surface area contributed by atoms with Crippen LogP contribution in [-0.4, -0.2) is 49.7 Å². The predicted molar refractivity (Wildman–Crippen MR) is 66.3 cm³/mol. The van der Waals surface area contributed by atoms with E-state index in [1.807, 2.05) is 21.1 Å². The number of nitrogens with zero attached hydrogens (tertiary/aromatic N) is 2. The van der Waals surface area contributed by atoms with Gasteiger partial charge in [0.05, 0.1) is 31.6 Å². The van der Waals surface area contributed by atoms with Gasteiger partial charge in [-0.1, -0.05) is 0 Å². The lowest BCUT2D eigenvalue weighted by atomic mass is 10.2. The van der Waals surface area contributed by atoms with Gasteiger partial charge in [0.25, 0.3) is 5.69 Å². The Morgan fingerprint density at radius 1 is 1.28 bits per heavy atom. The average Bonchev–Trinajstić information content (AvgIpc) is 2.27. The fraction of sp³-hybridized carbons (Fsp3) is 0.417. The van der Waals surface area contributed by atoms with Crippen molar-refractivity contribution in [3.8, 4) is 0 Å². The van der Waals surface area contributed by atoms with E-state index in [0.717, 1.165) is 0 Å². The SMILES string of the molecule is C[N+](C)(C)CCOC(=O)c1ccc([N+](=O)[O-])cc1. The molecule has 6 heteroatoms. The van der Waals surface area contributed by atoms with Crippen molar-refractivity contribution in [1.29, 1.82) is 0 Å². The van der Waals surface area contributed by atoms with Crippen LogP contribution in [-0.2, 0) is 4.74 Å². The van der Waals surface area contributed by atoms with Gasteiger partial charge in [-0.25, -0.2) is 4.79 Å². The van der Waals surface area contributed by atoms with Gasteiger partial charge in [-0.05, 0) is 12.1 Å². The first-order valence-electron chi connectivity index (χ1n) is 5.51. The van der Waals surface area contributed by atoms with Crippen molar-refractivity contribution in [2.24, 2.45) is 0 Å². The zero-order valence-corrected chi connectivity index (χ0v) is 10.8. The van der Waals surface area contributed by atoms with Crippen molar-refractivity contribution in [3.63, 3.8) is 0 Å². The average molecular weight is 253 g/mol. The van der Waals surface area contributed by atoms with Gasteiger partial charge < -0.3 is 9.22 Å². The normalized spacial score (nSPS) is 11.1. The minimum Gasteiger partial charge on any atom is -0.456 e. The molecular formula is C12H17N2O4+. The number of hydrogen-bond acceptors (Lipinski definition) is 4. The third-order valence-electron chi connectivity index (χ3n) is 2.31. The number of benzene rings is 1. The number of nitro benzene ring substituents is 1. The first-order valence-corrected chi connectivity index (χ1v) is 5.51. The molecule has 0 amide bonds. The molecule has 18 heavy (non-hydrogen) atoms. The zero-order chi connectivity index (χ0) is 13.8. The van der Waals surface area contributed by atoms with Crippen molar-refractivity contribution in [2.45, 2.75) is 0 Å². The van der Waals surface area contributed by atoms with Gasteiger partial charge in [0, 0.05) is 12.1 Å². The van der Waals surface area contributed by atoms with Crippen LogP contribution in [0.5, 0.6) is 0 Å². The molecule has 98 valence electrons. The first-order chi connectivity index (χ1) is 8.29. The molecule has 0 N–H and O–H groups in total. The molecule has 6 nitrogen and oxygen atoms in total. The van der Waals surface area contributed by atoms with E-state index in [-0.39, 0.29) is 5.69 Å². The minimum atomic E-state index is -0.508. The molecular weight excluding hydrogens is 236 g/mol. The van der Waals surface area contributed by atoms with Crippen molar-refractivity contribution >= 4 is 11.7 Å². The highest BCUT2D eigenvalue weighted by molar-refractivity contribution is 5.89. The summed E-state index contributed by atoms with van der Waals surface area (Å²) in [6.07, 6.45) is 0. The van der Waals surface area contributed by atoms with Crippen LogP contribution in [0.2, 0.25) is 0 Å². The summed E-state index contributed by atoms with van der Waals surface area (Å²) in [7, 11) is 6.00. The van der Waals surface area contributed by atoms with E-state index in [1.54, 1.807) is 0 Å². The van der Waals surface area contributed by atoms with Gasteiger partial charge in [-0.3, -0.25) is 10.1 Å². The summed E-state index contributed by atoms with van der Waals surface area (Å²) >= 11 is 0. The van der Waals surface area contributed by atoms with Gasteiger partial charge in [0.1, 0.15) is 13.2 Å². The van der Waals surface area contributed by atoms with Crippen molar-refractivity contribution in [2.75, 3.05) is 34.3 Å².